The molecule has 3 heterocycles. The summed E-state index contributed by atoms with van der Waals surface area (Å²) in [4.78, 5) is 36.1. The average Bonchev–Trinajstić information content (AvgIpc) is 3.23. The number of thiazole rings is 1. The number of thiophene rings is 1. The number of fused-ring (bicyclic) bond motifs is 1. The van der Waals surface area contributed by atoms with Crippen LogP contribution in [0, 0.1) is 6.92 Å². The number of hydrogen-bond acceptors (Lipinski definition) is 6. The molecule has 1 aliphatic carbocycles. The van der Waals surface area contributed by atoms with E-state index in [1.807, 2.05) is 24.3 Å². The van der Waals surface area contributed by atoms with Crippen LogP contribution in [0.3, 0.4) is 0 Å². The van der Waals surface area contributed by atoms with Crippen LogP contribution in [-0.4, -0.2) is 21.8 Å². The van der Waals surface area contributed by atoms with Crippen molar-refractivity contribution in [3.8, 4) is 10.7 Å². The highest BCUT2D eigenvalue weighted by atomic mass is 32.1. The van der Waals surface area contributed by atoms with Crippen molar-refractivity contribution in [3.63, 3.8) is 0 Å². The highest BCUT2D eigenvalue weighted by molar-refractivity contribution is 7.17. The molecular weight excluding hydrogens is 392 g/mol. The van der Waals surface area contributed by atoms with E-state index in [9.17, 15) is 9.59 Å². The summed E-state index contributed by atoms with van der Waals surface area (Å²) in [6.45, 7) is 1.77. The van der Waals surface area contributed by atoms with E-state index < -0.39 is 0 Å². The number of nitrogens with zero attached hydrogens (tertiary/aromatic N) is 2. The van der Waals surface area contributed by atoms with Crippen LogP contribution in [0.15, 0.2) is 30.5 Å². The first-order valence-electron chi connectivity index (χ1n) is 9.23. The minimum absolute atomic E-state index is 0.279. The van der Waals surface area contributed by atoms with E-state index in [0.29, 0.717) is 20.5 Å². The van der Waals surface area contributed by atoms with Crippen LogP contribution in [0.2, 0.25) is 0 Å². The van der Waals surface area contributed by atoms with Crippen molar-refractivity contribution < 1.29 is 9.59 Å². The van der Waals surface area contributed by atoms with Gasteiger partial charge in [-0.15, -0.1) is 22.7 Å². The normalized spacial score (nSPS) is 13.5. The lowest BCUT2D eigenvalue weighted by Crippen LogP contribution is -2.41. The molecular formula is C20H20N4O2S2. The summed E-state index contributed by atoms with van der Waals surface area (Å²) in [7, 11) is 0. The minimum Gasteiger partial charge on any atom is -0.266 e. The van der Waals surface area contributed by atoms with Gasteiger partial charge < -0.3 is 0 Å². The Morgan fingerprint density at radius 3 is 2.68 bits per heavy atom. The number of rotatable bonds is 3. The van der Waals surface area contributed by atoms with Gasteiger partial charge in [-0.05, 0) is 56.4 Å². The Balaban J connectivity index is 1.42. The third-order valence-corrected chi connectivity index (χ3v) is 7.06. The van der Waals surface area contributed by atoms with Gasteiger partial charge in [-0.2, -0.15) is 0 Å². The van der Waals surface area contributed by atoms with Gasteiger partial charge in [0.25, 0.3) is 11.8 Å². The second-order valence-electron chi connectivity index (χ2n) is 6.68. The van der Waals surface area contributed by atoms with Crippen molar-refractivity contribution >= 4 is 34.5 Å². The number of pyridine rings is 1. The van der Waals surface area contributed by atoms with Crippen LogP contribution in [0.1, 0.15) is 54.7 Å². The molecule has 0 bridgehead atoms. The number of amides is 2. The molecule has 144 valence electrons. The molecule has 0 aromatic carbocycles. The molecule has 8 heteroatoms. The first kappa shape index (κ1) is 18.8. The molecule has 0 radical (unpaired) electrons. The van der Waals surface area contributed by atoms with Gasteiger partial charge in [0.05, 0.1) is 16.3 Å². The Labute approximate surface area is 171 Å². The first-order chi connectivity index (χ1) is 13.6. The molecule has 0 saturated carbocycles. The minimum atomic E-state index is -0.372. The number of aryl methyl sites for hydroxylation is 3. The zero-order chi connectivity index (χ0) is 19.5. The maximum atomic E-state index is 12.5. The number of hydrazine groups is 1. The smallest absolute Gasteiger partial charge is 0.266 e. The van der Waals surface area contributed by atoms with Gasteiger partial charge in [0.2, 0.25) is 0 Å². The van der Waals surface area contributed by atoms with Crippen molar-refractivity contribution in [2.75, 3.05) is 0 Å². The Bertz CT molecular complexity index is 987. The molecule has 1 aliphatic rings. The Morgan fingerprint density at radius 2 is 1.86 bits per heavy atom. The van der Waals surface area contributed by atoms with E-state index in [1.165, 1.54) is 52.4 Å². The van der Waals surface area contributed by atoms with Crippen molar-refractivity contribution in [1.82, 2.24) is 20.8 Å². The lowest BCUT2D eigenvalue weighted by atomic mass is 10.1. The van der Waals surface area contributed by atoms with Crippen molar-refractivity contribution in [3.05, 3.63) is 56.4 Å². The molecule has 0 atom stereocenters. The number of aromatic nitrogens is 2. The fraction of sp³-hybridized carbons (Fsp3) is 0.300. The van der Waals surface area contributed by atoms with E-state index >= 15 is 0 Å². The van der Waals surface area contributed by atoms with E-state index in [2.05, 4.69) is 20.8 Å². The monoisotopic (exact) mass is 412 g/mol. The first-order valence-corrected chi connectivity index (χ1v) is 10.9. The molecule has 6 nitrogen and oxygen atoms in total. The van der Waals surface area contributed by atoms with E-state index in [-0.39, 0.29) is 11.8 Å². The maximum Gasteiger partial charge on any atom is 0.281 e. The standard InChI is InChI=1S/C20H20N4O2S2/c1-12-17(28-20(22-12)14-8-5-6-10-21-14)19(26)24-23-18(25)16-11-13-7-3-2-4-9-15(13)27-16/h5-6,8,10-11H,2-4,7,9H2,1H3,(H,23,25)(H,24,26). The lowest BCUT2D eigenvalue weighted by Gasteiger charge is -2.05. The predicted molar refractivity (Wildman–Crippen MR) is 111 cm³/mol. The van der Waals surface area contributed by atoms with Crippen LogP contribution in [-0.2, 0) is 12.8 Å². The summed E-state index contributed by atoms with van der Waals surface area (Å²) in [6, 6.07) is 7.52. The van der Waals surface area contributed by atoms with Gasteiger partial charge >= 0.3 is 0 Å². The Morgan fingerprint density at radius 1 is 1.04 bits per heavy atom. The van der Waals surface area contributed by atoms with Gasteiger partial charge in [0.1, 0.15) is 9.88 Å². The van der Waals surface area contributed by atoms with Gasteiger partial charge in [-0.3, -0.25) is 25.4 Å². The van der Waals surface area contributed by atoms with E-state index in [0.717, 1.165) is 18.5 Å². The molecule has 3 aromatic heterocycles. The largest absolute Gasteiger partial charge is 0.281 e. The second kappa shape index (κ2) is 8.20. The summed E-state index contributed by atoms with van der Waals surface area (Å²) in [5.41, 5.74) is 7.65. The van der Waals surface area contributed by atoms with E-state index in [4.69, 9.17) is 0 Å². The van der Waals surface area contributed by atoms with Gasteiger partial charge in [-0.25, -0.2) is 4.98 Å². The fourth-order valence-corrected chi connectivity index (χ4v) is 5.30. The van der Waals surface area contributed by atoms with E-state index in [1.54, 1.807) is 13.1 Å². The predicted octanol–water partition coefficient (Wildman–Crippen LogP) is 3.92. The second-order valence-corrected chi connectivity index (χ2v) is 8.81. The van der Waals surface area contributed by atoms with Gasteiger partial charge in [-0.1, -0.05) is 12.5 Å². The topological polar surface area (TPSA) is 84.0 Å². The molecule has 3 aromatic rings. The van der Waals surface area contributed by atoms with Crippen LogP contribution >= 0.6 is 22.7 Å². The summed E-state index contributed by atoms with van der Waals surface area (Å²) < 4.78 is 0. The molecule has 0 fully saturated rings. The third kappa shape index (κ3) is 3.98. The van der Waals surface area contributed by atoms with Crippen molar-refractivity contribution in [2.45, 2.75) is 39.0 Å². The van der Waals surface area contributed by atoms with Crippen LogP contribution in [0.5, 0.6) is 0 Å². The molecule has 0 aliphatic heterocycles. The number of carbonyl (C=O) groups is 2. The van der Waals surface area contributed by atoms with Gasteiger partial charge in [0.15, 0.2) is 0 Å². The molecule has 0 unspecified atom stereocenters. The van der Waals surface area contributed by atoms with Crippen LogP contribution in [0.4, 0.5) is 0 Å². The SMILES string of the molecule is Cc1nc(-c2ccccn2)sc1C(=O)NNC(=O)c1cc2c(s1)CCCCC2. The highest BCUT2D eigenvalue weighted by Crippen LogP contribution is 2.29. The zero-order valence-corrected chi connectivity index (χ0v) is 17.1. The number of carbonyl (C=O) groups excluding carboxylic acids is 2. The quantitative estimate of drug-likeness (QED) is 0.504. The molecule has 28 heavy (non-hydrogen) atoms. The molecule has 0 saturated heterocycles. The molecule has 2 N–H and O–H groups in total. The molecule has 0 spiro atoms. The summed E-state index contributed by atoms with van der Waals surface area (Å²) in [5, 5.41) is 0.677. The third-order valence-electron chi connectivity index (χ3n) is 4.65. The lowest BCUT2D eigenvalue weighted by molar-refractivity contribution is 0.0850. The summed E-state index contributed by atoms with van der Waals surface area (Å²) in [5.74, 6) is -0.651. The fourth-order valence-electron chi connectivity index (χ4n) is 3.22. The Kier molecular flexibility index (Phi) is 5.50. The van der Waals surface area contributed by atoms with Crippen molar-refractivity contribution in [1.29, 1.82) is 0 Å². The number of nitrogens with one attached hydrogen (secondary N) is 2. The maximum absolute atomic E-state index is 12.5. The van der Waals surface area contributed by atoms with Crippen molar-refractivity contribution in [2.24, 2.45) is 0 Å². The van der Waals surface area contributed by atoms with Crippen LogP contribution < -0.4 is 10.9 Å². The van der Waals surface area contributed by atoms with Crippen LogP contribution in [0.25, 0.3) is 10.7 Å². The molecule has 4 rings (SSSR count). The average molecular weight is 413 g/mol. The molecule has 2 amide bonds. The Hall–Kier alpha value is -2.58. The summed E-state index contributed by atoms with van der Waals surface area (Å²) in [6.07, 6.45) is 7.35. The zero-order valence-electron chi connectivity index (χ0n) is 15.4. The number of hydrogen-bond donors (Lipinski definition) is 2. The summed E-state index contributed by atoms with van der Waals surface area (Å²) >= 11 is 2.79. The highest BCUT2D eigenvalue weighted by Gasteiger charge is 2.19. The van der Waals surface area contributed by atoms with Gasteiger partial charge in [0, 0.05) is 11.1 Å².